The Morgan fingerprint density at radius 3 is 2.12 bits per heavy atom. The van der Waals surface area contributed by atoms with Crippen molar-refractivity contribution in [3.05, 3.63) is 29.0 Å². The van der Waals surface area contributed by atoms with E-state index in [9.17, 15) is 14.4 Å². The monoisotopic (exact) mass is 566 g/mol. The quantitative estimate of drug-likeness (QED) is 0.518. The van der Waals surface area contributed by atoms with Crippen LogP contribution in [0.3, 0.4) is 0 Å². The molecule has 2 amide bonds. The smallest absolute Gasteiger partial charge is 0.425 e. The molecule has 0 unspecified atom stereocenters. The Morgan fingerprint density at radius 1 is 1.00 bits per heavy atom. The molecule has 4 atom stereocenters. The van der Waals surface area contributed by atoms with Gasteiger partial charge in [-0.1, -0.05) is 40.5 Å². The van der Waals surface area contributed by atoms with Gasteiger partial charge in [0.25, 0.3) is 11.8 Å². The zero-order chi connectivity index (χ0) is 29.8. The number of hydrogen-bond acceptors (Lipinski definition) is 6. The van der Waals surface area contributed by atoms with E-state index in [0.717, 1.165) is 12.8 Å². The molecule has 1 N–H and O–H groups in total. The number of benzene rings is 1. The van der Waals surface area contributed by atoms with E-state index in [1.807, 2.05) is 19.2 Å². The Balaban J connectivity index is 1.90. The lowest BCUT2D eigenvalue weighted by molar-refractivity contribution is -0.192. The number of ether oxygens (including phenoxy) is 3. The fourth-order valence-electron chi connectivity index (χ4n) is 6.50. The minimum absolute atomic E-state index is 0.0489. The number of methoxy groups -OCH3 is 3. The van der Waals surface area contributed by atoms with Gasteiger partial charge in [-0.05, 0) is 42.2 Å². The third-order valence-corrected chi connectivity index (χ3v) is 8.71. The fraction of sp³-hybridized carbons (Fsp3) is 0.621. The van der Waals surface area contributed by atoms with E-state index in [1.54, 1.807) is 13.8 Å². The molecule has 0 spiro atoms. The summed E-state index contributed by atoms with van der Waals surface area (Å²) in [5.41, 5.74) is -5.03. The second kappa shape index (κ2) is 10.3. The molecule has 40 heavy (non-hydrogen) atoms. The highest BCUT2D eigenvalue weighted by atomic mass is 19.4. The predicted octanol–water partition coefficient (Wildman–Crippen LogP) is 5.05. The van der Waals surface area contributed by atoms with Crippen LogP contribution in [0.1, 0.15) is 70.2 Å². The van der Waals surface area contributed by atoms with Crippen molar-refractivity contribution in [2.75, 3.05) is 21.3 Å². The van der Waals surface area contributed by atoms with E-state index >= 15 is 13.2 Å². The van der Waals surface area contributed by atoms with Gasteiger partial charge in [-0.3, -0.25) is 14.4 Å². The van der Waals surface area contributed by atoms with Crippen LogP contribution in [-0.4, -0.2) is 61.6 Å². The molecule has 4 rings (SSSR count). The molecular formula is C29H37F3N2O6. The van der Waals surface area contributed by atoms with Crippen molar-refractivity contribution in [1.82, 2.24) is 10.2 Å². The molecule has 1 aromatic rings. The van der Waals surface area contributed by atoms with E-state index < -0.39 is 46.3 Å². The summed E-state index contributed by atoms with van der Waals surface area (Å²) in [4.78, 5) is 42.5. The minimum Gasteiger partial charge on any atom is -0.493 e. The van der Waals surface area contributed by atoms with Crippen molar-refractivity contribution in [3.63, 3.8) is 0 Å². The van der Waals surface area contributed by atoms with Crippen LogP contribution < -0.4 is 19.5 Å². The third kappa shape index (κ3) is 4.60. The first-order valence-corrected chi connectivity index (χ1v) is 13.4. The second-order valence-corrected chi connectivity index (χ2v) is 11.9. The van der Waals surface area contributed by atoms with E-state index in [4.69, 9.17) is 14.2 Å². The number of ketones is 1. The zero-order valence-corrected chi connectivity index (χ0v) is 24.0. The molecule has 3 aliphatic rings. The second-order valence-electron chi connectivity index (χ2n) is 11.9. The Hall–Kier alpha value is -3.24. The number of allylic oxidation sites excluding steroid dienone is 1. The van der Waals surface area contributed by atoms with Crippen molar-refractivity contribution < 1.29 is 41.8 Å². The molecule has 1 fully saturated rings. The van der Waals surface area contributed by atoms with Crippen molar-refractivity contribution in [2.45, 2.75) is 77.6 Å². The van der Waals surface area contributed by atoms with Crippen LogP contribution in [0.15, 0.2) is 23.4 Å². The summed E-state index contributed by atoms with van der Waals surface area (Å²) >= 11 is 0. The molecule has 0 aromatic heterocycles. The van der Waals surface area contributed by atoms with Crippen LogP contribution in [0.5, 0.6) is 17.2 Å². The van der Waals surface area contributed by atoms with Gasteiger partial charge in [0.2, 0.25) is 11.3 Å². The maximum Gasteiger partial charge on any atom is 0.425 e. The van der Waals surface area contributed by atoms with Crippen LogP contribution in [-0.2, 0) is 9.59 Å². The van der Waals surface area contributed by atoms with Crippen LogP contribution in [0, 0.1) is 17.3 Å². The van der Waals surface area contributed by atoms with Gasteiger partial charge in [-0.2, -0.15) is 13.2 Å². The van der Waals surface area contributed by atoms with Crippen LogP contribution in [0.2, 0.25) is 0 Å². The average molecular weight is 567 g/mol. The van der Waals surface area contributed by atoms with Gasteiger partial charge in [0, 0.05) is 23.7 Å². The predicted molar refractivity (Wildman–Crippen MR) is 140 cm³/mol. The lowest BCUT2D eigenvalue weighted by Crippen LogP contribution is -2.67. The standard InChI is InChI=1S/C29H37F3N2O6/c1-15-9-8-10-18(16(15)2)34-19-13-27(3,4)14-20(35)23(19)28(26(34)37,29(30,31)32)33-25(36)17-11-21(38-5)24(40-7)22(12-17)39-6/h11-12,15-16,18H,8-10,13-14H2,1-7H3,(H,33,36)/t15-,16+,18+,28-/m0/s1. The summed E-state index contributed by atoms with van der Waals surface area (Å²) in [7, 11) is 3.96. The summed E-state index contributed by atoms with van der Waals surface area (Å²) in [6.07, 6.45) is -3.21. The van der Waals surface area contributed by atoms with Crippen molar-refractivity contribution in [1.29, 1.82) is 0 Å². The molecule has 1 aromatic carbocycles. The lowest BCUT2D eigenvalue weighted by Gasteiger charge is -2.43. The number of nitrogens with zero attached hydrogens (tertiary/aromatic N) is 1. The summed E-state index contributed by atoms with van der Waals surface area (Å²) < 4.78 is 61.6. The number of carbonyl (C=O) groups excluding carboxylic acids is 3. The molecule has 1 heterocycles. The molecule has 0 saturated heterocycles. The number of amides is 2. The zero-order valence-electron chi connectivity index (χ0n) is 24.0. The third-order valence-electron chi connectivity index (χ3n) is 8.71. The summed E-state index contributed by atoms with van der Waals surface area (Å²) in [5, 5.41) is 2.00. The number of nitrogens with one attached hydrogen (secondary N) is 1. The lowest BCUT2D eigenvalue weighted by atomic mass is 9.72. The van der Waals surface area contributed by atoms with Gasteiger partial charge < -0.3 is 24.4 Å². The minimum atomic E-state index is -5.30. The molecule has 8 nitrogen and oxygen atoms in total. The fourth-order valence-corrected chi connectivity index (χ4v) is 6.50. The van der Waals surface area contributed by atoms with Crippen LogP contribution in [0.4, 0.5) is 13.2 Å². The van der Waals surface area contributed by atoms with Gasteiger partial charge in [0.1, 0.15) is 0 Å². The Labute approximate surface area is 232 Å². The van der Waals surface area contributed by atoms with E-state index in [0.29, 0.717) is 6.42 Å². The summed E-state index contributed by atoms with van der Waals surface area (Å²) in [6, 6.07) is 1.87. The Kier molecular flexibility index (Phi) is 7.66. The van der Waals surface area contributed by atoms with Gasteiger partial charge in [0.05, 0.1) is 26.9 Å². The maximum absolute atomic E-state index is 15.3. The normalized spacial score (nSPS) is 28.4. The van der Waals surface area contributed by atoms with E-state index in [-0.39, 0.29) is 53.2 Å². The molecule has 0 radical (unpaired) electrons. The molecule has 11 heteroatoms. The first-order chi connectivity index (χ1) is 18.6. The highest BCUT2D eigenvalue weighted by molar-refractivity contribution is 6.14. The Bertz CT molecular complexity index is 1230. The summed E-state index contributed by atoms with van der Waals surface area (Å²) in [6.45, 7) is 7.55. The van der Waals surface area contributed by atoms with Crippen molar-refractivity contribution in [3.8, 4) is 17.2 Å². The van der Waals surface area contributed by atoms with Crippen molar-refractivity contribution in [2.24, 2.45) is 17.3 Å². The van der Waals surface area contributed by atoms with Crippen LogP contribution >= 0.6 is 0 Å². The van der Waals surface area contributed by atoms with Crippen LogP contribution in [0.25, 0.3) is 0 Å². The number of halogens is 3. The number of rotatable bonds is 6. The van der Waals surface area contributed by atoms with E-state index in [1.165, 1.54) is 38.4 Å². The first-order valence-electron chi connectivity index (χ1n) is 13.4. The number of hydrogen-bond donors (Lipinski definition) is 1. The Morgan fingerprint density at radius 2 is 1.60 bits per heavy atom. The first kappa shape index (κ1) is 29.7. The highest BCUT2D eigenvalue weighted by Gasteiger charge is 2.72. The number of carbonyl (C=O) groups is 3. The molecular weight excluding hydrogens is 529 g/mol. The van der Waals surface area contributed by atoms with Gasteiger partial charge >= 0.3 is 6.18 Å². The summed E-state index contributed by atoms with van der Waals surface area (Å²) in [5.74, 6) is -3.00. The highest BCUT2D eigenvalue weighted by Crippen LogP contribution is 2.54. The molecule has 1 aliphatic heterocycles. The largest absolute Gasteiger partial charge is 0.493 e. The molecule has 0 bridgehead atoms. The molecule has 1 saturated carbocycles. The average Bonchev–Trinajstić information content (AvgIpc) is 3.11. The van der Waals surface area contributed by atoms with Gasteiger partial charge in [-0.15, -0.1) is 0 Å². The SMILES string of the molecule is COc1cc(C(=O)N[C@]2(C(F)(F)F)C(=O)N([C@@H]3CCC[C@H](C)[C@H]3C)C3=C2C(=O)CC(C)(C)C3)cc(OC)c1OC. The van der Waals surface area contributed by atoms with Gasteiger partial charge in [0.15, 0.2) is 17.3 Å². The van der Waals surface area contributed by atoms with Gasteiger partial charge in [-0.25, -0.2) is 0 Å². The van der Waals surface area contributed by atoms with E-state index in [2.05, 4.69) is 0 Å². The van der Waals surface area contributed by atoms with Crippen molar-refractivity contribution >= 4 is 17.6 Å². The number of alkyl halides is 3. The topological polar surface area (TPSA) is 94.2 Å². The number of Topliss-reactive ketones (excluding diaryl/α,β-unsaturated/α-hetero) is 1. The molecule has 2 aliphatic carbocycles. The maximum atomic E-state index is 15.3. The molecule has 220 valence electrons.